The van der Waals surface area contributed by atoms with Gasteiger partial charge in [-0.25, -0.2) is 4.68 Å². The van der Waals surface area contributed by atoms with Crippen LogP contribution in [-0.2, 0) is 18.6 Å². The molecule has 0 saturated heterocycles. The third-order valence-electron chi connectivity index (χ3n) is 2.89. The second-order valence-corrected chi connectivity index (χ2v) is 5.58. The SMILES string of the molecule is CCCCCCn1nnc(CO)c1C(C)(C)C. The Morgan fingerprint density at radius 2 is 1.88 bits per heavy atom. The maximum absolute atomic E-state index is 9.29. The van der Waals surface area contributed by atoms with Crippen LogP contribution in [0.5, 0.6) is 0 Å². The monoisotopic (exact) mass is 239 g/mol. The summed E-state index contributed by atoms with van der Waals surface area (Å²) in [4.78, 5) is 0. The van der Waals surface area contributed by atoms with Gasteiger partial charge in [-0.1, -0.05) is 52.2 Å². The molecule has 0 aliphatic carbocycles. The van der Waals surface area contributed by atoms with Gasteiger partial charge < -0.3 is 5.11 Å². The Hall–Kier alpha value is -0.900. The molecule has 0 radical (unpaired) electrons. The van der Waals surface area contributed by atoms with Gasteiger partial charge in [0, 0.05) is 12.0 Å². The highest BCUT2D eigenvalue weighted by atomic mass is 16.3. The van der Waals surface area contributed by atoms with E-state index in [0.29, 0.717) is 5.69 Å². The number of nitrogens with zero attached hydrogens (tertiary/aromatic N) is 3. The molecular weight excluding hydrogens is 214 g/mol. The molecule has 0 unspecified atom stereocenters. The molecule has 1 N–H and O–H groups in total. The first kappa shape index (κ1) is 14.2. The fourth-order valence-electron chi connectivity index (χ4n) is 2.12. The van der Waals surface area contributed by atoms with E-state index in [1.165, 1.54) is 19.3 Å². The molecule has 4 nitrogen and oxygen atoms in total. The van der Waals surface area contributed by atoms with E-state index in [1.807, 2.05) is 4.68 Å². The largest absolute Gasteiger partial charge is 0.390 e. The van der Waals surface area contributed by atoms with Crippen molar-refractivity contribution in [1.29, 1.82) is 0 Å². The zero-order chi connectivity index (χ0) is 12.9. The first-order valence-electron chi connectivity index (χ1n) is 6.54. The van der Waals surface area contributed by atoms with E-state index < -0.39 is 0 Å². The van der Waals surface area contributed by atoms with Gasteiger partial charge >= 0.3 is 0 Å². The normalized spacial score (nSPS) is 12.1. The smallest absolute Gasteiger partial charge is 0.112 e. The van der Waals surface area contributed by atoms with E-state index in [1.54, 1.807) is 0 Å². The highest BCUT2D eigenvalue weighted by Gasteiger charge is 2.24. The topological polar surface area (TPSA) is 50.9 Å². The van der Waals surface area contributed by atoms with Crippen LogP contribution in [-0.4, -0.2) is 20.1 Å². The highest BCUT2D eigenvalue weighted by molar-refractivity contribution is 5.18. The van der Waals surface area contributed by atoms with E-state index in [0.717, 1.165) is 18.7 Å². The van der Waals surface area contributed by atoms with Crippen molar-refractivity contribution >= 4 is 0 Å². The number of unbranched alkanes of at least 4 members (excludes halogenated alkanes) is 3. The number of hydrogen-bond donors (Lipinski definition) is 1. The first-order valence-corrected chi connectivity index (χ1v) is 6.54. The van der Waals surface area contributed by atoms with Crippen molar-refractivity contribution < 1.29 is 5.11 Å². The van der Waals surface area contributed by atoms with Crippen LogP contribution in [0.2, 0.25) is 0 Å². The van der Waals surface area contributed by atoms with Crippen molar-refractivity contribution in [3.8, 4) is 0 Å². The molecule has 1 aromatic rings. The zero-order valence-corrected chi connectivity index (χ0v) is 11.5. The van der Waals surface area contributed by atoms with Crippen LogP contribution in [0.25, 0.3) is 0 Å². The molecular formula is C13H25N3O. The van der Waals surface area contributed by atoms with Crippen molar-refractivity contribution in [2.75, 3.05) is 0 Å². The van der Waals surface area contributed by atoms with Crippen LogP contribution < -0.4 is 0 Å². The molecule has 1 rings (SSSR count). The van der Waals surface area contributed by atoms with Gasteiger partial charge in [0.05, 0.1) is 12.3 Å². The van der Waals surface area contributed by atoms with Crippen LogP contribution in [0.3, 0.4) is 0 Å². The molecule has 0 aliphatic heterocycles. The van der Waals surface area contributed by atoms with Crippen molar-refractivity contribution in [1.82, 2.24) is 15.0 Å². The maximum Gasteiger partial charge on any atom is 0.112 e. The Bertz CT molecular complexity index is 339. The molecule has 0 aromatic carbocycles. The summed E-state index contributed by atoms with van der Waals surface area (Å²) in [5, 5.41) is 17.5. The van der Waals surface area contributed by atoms with E-state index in [2.05, 4.69) is 38.0 Å². The summed E-state index contributed by atoms with van der Waals surface area (Å²) >= 11 is 0. The minimum Gasteiger partial charge on any atom is -0.390 e. The third kappa shape index (κ3) is 3.80. The number of aromatic nitrogens is 3. The average Bonchev–Trinajstić information content (AvgIpc) is 2.67. The van der Waals surface area contributed by atoms with Gasteiger partial charge in [0.25, 0.3) is 0 Å². The van der Waals surface area contributed by atoms with Gasteiger partial charge in [0.1, 0.15) is 5.69 Å². The number of hydrogen-bond acceptors (Lipinski definition) is 3. The molecule has 0 aliphatic rings. The van der Waals surface area contributed by atoms with Crippen molar-refractivity contribution in [2.24, 2.45) is 0 Å². The Morgan fingerprint density at radius 3 is 2.41 bits per heavy atom. The molecule has 0 bridgehead atoms. The molecule has 0 saturated carbocycles. The summed E-state index contributed by atoms with van der Waals surface area (Å²) in [6, 6.07) is 0. The minimum absolute atomic E-state index is 0.0215. The lowest BCUT2D eigenvalue weighted by molar-refractivity contribution is 0.273. The van der Waals surface area contributed by atoms with Crippen LogP contribution in [0.1, 0.15) is 64.8 Å². The zero-order valence-electron chi connectivity index (χ0n) is 11.5. The first-order chi connectivity index (χ1) is 8.00. The molecule has 17 heavy (non-hydrogen) atoms. The van der Waals surface area contributed by atoms with Crippen molar-refractivity contribution in [2.45, 2.75) is 71.9 Å². The Balaban J connectivity index is 2.75. The lowest BCUT2D eigenvalue weighted by Crippen LogP contribution is -2.20. The number of rotatable bonds is 6. The van der Waals surface area contributed by atoms with Crippen LogP contribution in [0, 0.1) is 0 Å². The summed E-state index contributed by atoms with van der Waals surface area (Å²) < 4.78 is 1.96. The number of aliphatic hydroxyl groups is 1. The van der Waals surface area contributed by atoms with E-state index >= 15 is 0 Å². The van der Waals surface area contributed by atoms with E-state index in [4.69, 9.17) is 0 Å². The molecule has 98 valence electrons. The predicted molar refractivity (Wildman–Crippen MR) is 68.8 cm³/mol. The lowest BCUT2D eigenvalue weighted by atomic mass is 9.90. The third-order valence-corrected chi connectivity index (χ3v) is 2.89. The predicted octanol–water partition coefficient (Wildman–Crippen LogP) is 2.65. The highest BCUT2D eigenvalue weighted by Crippen LogP contribution is 2.25. The Kier molecular flexibility index (Phi) is 5.12. The molecule has 0 spiro atoms. The van der Waals surface area contributed by atoms with Gasteiger partial charge in [-0.2, -0.15) is 0 Å². The summed E-state index contributed by atoms with van der Waals surface area (Å²) in [6.07, 6.45) is 4.87. The molecule has 4 heteroatoms. The second-order valence-electron chi connectivity index (χ2n) is 5.58. The summed E-state index contributed by atoms with van der Waals surface area (Å²) in [5.41, 5.74) is 1.76. The van der Waals surface area contributed by atoms with Gasteiger partial charge in [-0.15, -0.1) is 5.10 Å². The van der Waals surface area contributed by atoms with Gasteiger partial charge in [-0.3, -0.25) is 0 Å². The summed E-state index contributed by atoms with van der Waals surface area (Å²) in [7, 11) is 0. The quantitative estimate of drug-likeness (QED) is 0.776. The van der Waals surface area contributed by atoms with Crippen molar-refractivity contribution in [3.05, 3.63) is 11.4 Å². The van der Waals surface area contributed by atoms with Crippen LogP contribution in [0.4, 0.5) is 0 Å². The maximum atomic E-state index is 9.29. The molecule has 1 aromatic heterocycles. The fraction of sp³-hybridized carbons (Fsp3) is 0.846. The van der Waals surface area contributed by atoms with Crippen LogP contribution in [0.15, 0.2) is 0 Å². The molecule has 1 heterocycles. The van der Waals surface area contributed by atoms with Crippen molar-refractivity contribution in [3.63, 3.8) is 0 Å². The van der Waals surface area contributed by atoms with E-state index in [-0.39, 0.29) is 12.0 Å². The van der Waals surface area contributed by atoms with Gasteiger partial charge in [0.15, 0.2) is 0 Å². The van der Waals surface area contributed by atoms with Crippen LogP contribution >= 0.6 is 0 Å². The van der Waals surface area contributed by atoms with Gasteiger partial charge in [0.2, 0.25) is 0 Å². The van der Waals surface area contributed by atoms with E-state index in [9.17, 15) is 5.11 Å². The minimum atomic E-state index is -0.0262. The van der Waals surface area contributed by atoms with Gasteiger partial charge in [-0.05, 0) is 6.42 Å². The Labute approximate surface area is 104 Å². The Morgan fingerprint density at radius 1 is 1.18 bits per heavy atom. The summed E-state index contributed by atoms with van der Waals surface area (Å²) in [6.45, 7) is 9.48. The lowest BCUT2D eigenvalue weighted by Gasteiger charge is -2.20. The molecule has 0 atom stereocenters. The molecule has 0 fully saturated rings. The fourth-order valence-corrected chi connectivity index (χ4v) is 2.12. The molecule has 0 amide bonds. The second kappa shape index (κ2) is 6.15. The summed E-state index contributed by atoms with van der Waals surface area (Å²) in [5.74, 6) is 0. The average molecular weight is 239 g/mol. The standard InChI is InChI=1S/C13H25N3O/c1-5-6-7-8-9-16-12(13(2,3)4)11(10-17)14-15-16/h17H,5-10H2,1-4H3. The number of aryl methyl sites for hydroxylation is 1. The number of aliphatic hydroxyl groups excluding tert-OH is 1.